The van der Waals surface area contributed by atoms with Gasteiger partial charge in [-0.3, -0.25) is 0 Å². The first-order valence-corrected chi connectivity index (χ1v) is 3.47. The Bertz CT molecular complexity index is 295. The molecule has 0 bridgehead atoms. The molecule has 0 saturated carbocycles. The Balaban J connectivity index is 0.000000791. The van der Waals surface area contributed by atoms with Gasteiger partial charge in [-0.15, -0.1) is 0 Å². The van der Waals surface area contributed by atoms with Crippen LogP contribution in [0.1, 0.15) is 20.7 Å². The van der Waals surface area contributed by atoms with Crippen LogP contribution >= 0.6 is 0 Å². The van der Waals surface area contributed by atoms with Crippen LogP contribution in [0.2, 0.25) is 0 Å². The number of carboxylic acid groups (broad SMARTS) is 2. The maximum Gasteiger partial charge on any atom is 0.335 e. The highest BCUT2D eigenvalue weighted by Crippen LogP contribution is 2.03. The van der Waals surface area contributed by atoms with Crippen LogP contribution < -0.4 is 0 Å². The summed E-state index contributed by atoms with van der Waals surface area (Å²) in [6.07, 6.45) is 0. The molecule has 0 spiro atoms. The fourth-order valence-electron chi connectivity index (χ4n) is 0.755. The Morgan fingerprint density at radius 1 is 0.857 bits per heavy atom. The van der Waals surface area contributed by atoms with Crippen LogP contribution in [0.5, 0.6) is 0 Å². The van der Waals surface area contributed by atoms with Crippen molar-refractivity contribution in [1.82, 2.24) is 0 Å². The number of benzene rings is 1. The molecule has 0 aliphatic rings. The Hall–Kier alpha value is -2.17. The largest absolute Gasteiger partial charge is 0.478 e. The van der Waals surface area contributed by atoms with Crippen LogP contribution in [-0.2, 0) is 4.79 Å². The van der Waals surface area contributed by atoms with Gasteiger partial charge in [-0.2, -0.15) is 0 Å². The van der Waals surface area contributed by atoms with Gasteiger partial charge in [-0.25, -0.2) is 9.59 Å². The van der Waals surface area contributed by atoms with E-state index in [0.29, 0.717) is 0 Å². The Morgan fingerprint density at radius 2 is 1.07 bits per heavy atom. The Labute approximate surface area is 79.6 Å². The standard InChI is InChI=1S/C8H6O4.CH2O/c9-7(10)5-1-2-6(4-3-5)8(11)12;1-2/h1-4H,(H,9,10)(H,11,12);1H2. The molecule has 0 atom stereocenters. The Kier molecular flexibility index (Phi) is 4.62. The zero-order chi connectivity index (χ0) is 11.1. The first-order chi connectivity index (χ1) is 6.61. The van der Waals surface area contributed by atoms with Gasteiger partial charge < -0.3 is 15.0 Å². The molecule has 0 fully saturated rings. The minimum absolute atomic E-state index is 0.0833. The topological polar surface area (TPSA) is 91.7 Å². The molecule has 0 aliphatic heterocycles. The summed E-state index contributed by atoms with van der Waals surface area (Å²) < 4.78 is 0. The lowest BCUT2D eigenvalue weighted by Gasteiger charge is -1.94. The number of carbonyl (C=O) groups excluding carboxylic acids is 1. The third kappa shape index (κ3) is 3.06. The summed E-state index contributed by atoms with van der Waals surface area (Å²) in [6.45, 7) is 2.00. The fraction of sp³-hybridized carbons (Fsp3) is 0. The van der Waals surface area contributed by atoms with Gasteiger partial charge in [0, 0.05) is 0 Å². The predicted octanol–water partition coefficient (Wildman–Crippen LogP) is 0.898. The average molecular weight is 196 g/mol. The number of hydrogen-bond donors (Lipinski definition) is 2. The molecule has 0 unspecified atom stereocenters. The summed E-state index contributed by atoms with van der Waals surface area (Å²) in [4.78, 5) is 28.7. The Morgan fingerprint density at radius 3 is 1.21 bits per heavy atom. The van der Waals surface area contributed by atoms with E-state index in [4.69, 9.17) is 15.0 Å². The van der Waals surface area contributed by atoms with Crippen molar-refractivity contribution >= 4 is 18.7 Å². The highest BCUT2D eigenvalue weighted by Gasteiger charge is 2.04. The SMILES string of the molecule is C=O.O=C(O)c1ccc(C(=O)O)cc1. The molecule has 1 aromatic carbocycles. The van der Waals surface area contributed by atoms with E-state index < -0.39 is 11.9 Å². The van der Waals surface area contributed by atoms with Crippen LogP contribution in [0, 0.1) is 0 Å². The van der Waals surface area contributed by atoms with Crippen LogP contribution in [0.3, 0.4) is 0 Å². The molecule has 1 rings (SSSR count). The second-order valence-electron chi connectivity index (χ2n) is 2.19. The number of carbonyl (C=O) groups is 3. The molecular weight excluding hydrogens is 188 g/mol. The van der Waals surface area contributed by atoms with Crippen LogP contribution in [0.4, 0.5) is 0 Å². The third-order valence-corrected chi connectivity index (χ3v) is 1.38. The van der Waals surface area contributed by atoms with Gasteiger partial charge in [0.2, 0.25) is 0 Å². The van der Waals surface area contributed by atoms with Crippen molar-refractivity contribution in [3.63, 3.8) is 0 Å². The van der Waals surface area contributed by atoms with Crippen molar-refractivity contribution in [3.8, 4) is 0 Å². The molecule has 0 heterocycles. The van der Waals surface area contributed by atoms with Gasteiger partial charge in [-0.05, 0) is 24.3 Å². The van der Waals surface area contributed by atoms with E-state index in [1.807, 2.05) is 6.79 Å². The van der Waals surface area contributed by atoms with Gasteiger partial charge >= 0.3 is 11.9 Å². The second kappa shape index (κ2) is 5.47. The summed E-state index contributed by atoms with van der Waals surface area (Å²) >= 11 is 0. The highest BCUT2D eigenvalue weighted by atomic mass is 16.4. The van der Waals surface area contributed by atoms with Crippen molar-refractivity contribution in [3.05, 3.63) is 35.4 Å². The maximum atomic E-state index is 10.3. The number of hydrogen-bond acceptors (Lipinski definition) is 3. The molecule has 0 amide bonds. The van der Waals surface area contributed by atoms with Crippen molar-refractivity contribution < 1.29 is 24.6 Å². The van der Waals surface area contributed by atoms with E-state index in [-0.39, 0.29) is 11.1 Å². The van der Waals surface area contributed by atoms with Crippen molar-refractivity contribution in [2.45, 2.75) is 0 Å². The molecule has 0 aliphatic carbocycles. The average Bonchev–Trinajstić information content (AvgIpc) is 2.21. The number of aromatic carboxylic acids is 2. The molecule has 14 heavy (non-hydrogen) atoms. The molecule has 1 aromatic rings. The summed E-state index contributed by atoms with van der Waals surface area (Å²) in [5, 5.41) is 16.9. The zero-order valence-electron chi connectivity index (χ0n) is 7.14. The summed E-state index contributed by atoms with van der Waals surface area (Å²) in [5.74, 6) is -2.13. The minimum Gasteiger partial charge on any atom is -0.478 e. The van der Waals surface area contributed by atoms with Gasteiger partial charge in [0.1, 0.15) is 6.79 Å². The fourth-order valence-corrected chi connectivity index (χ4v) is 0.755. The van der Waals surface area contributed by atoms with Gasteiger partial charge in [-0.1, -0.05) is 0 Å². The van der Waals surface area contributed by atoms with E-state index in [9.17, 15) is 9.59 Å². The van der Waals surface area contributed by atoms with Crippen molar-refractivity contribution in [1.29, 1.82) is 0 Å². The van der Waals surface area contributed by atoms with Gasteiger partial charge in [0.05, 0.1) is 11.1 Å². The molecule has 0 radical (unpaired) electrons. The molecule has 5 heteroatoms. The quantitative estimate of drug-likeness (QED) is 0.733. The van der Waals surface area contributed by atoms with Crippen LogP contribution in [0.25, 0.3) is 0 Å². The van der Waals surface area contributed by atoms with E-state index in [1.54, 1.807) is 0 Å². The minimum atomic E-state index is -1.06. The molecule has 2 N–H and O–H groups in total. The molecule has 5 nitrogen and oxygen atoms in total. The van der Waals surface area contributed by atoms with Crippen LogP contribution in [-0.4, -0.2) is 28.9 Å². The van der Waals surface area contributed by atoms with E-state index in [1.165, 1.54) is 24.3 Å². The summed E-state index contributed by atoms with van der Waals surface area (Å²) in [7, 11) is 0. The molecule has 0 aromatic heterocycles. The second-order valence-corrected chi connectivity index (χ2v) is 2.19. The van der Waals surface area contributed by atoms with E-state index in [0.717, 1.165) is 0 Å². The summed E-state index contributed by atoms with van der Waals surface area (Å²) in [6, 6.07) is 5.02. The van der Waals surface area contributed by atoms with E-state index in [2.05, 4.69) is 0 Å². The van der Waals surface area contributed by atoms with Gasteiger partial charge in [0.15, 0.2) is 0 Å². The highest BCUT2D eigenvalue weighted by molar-refractivity contribution is 5.91. The maximum absolute atomic E-state index is 10.3. The lowest BCUT2D eigenvalue weighted by molar-refractivity contribution is -0.0980. The molecular formula is C9H8O5. The molecule has 0 saturated heterocycles. The number of rotatable bonds is 2. The normalized spacial score (nSPS) is 8.29. The third-order valence-electron chi connectivity index (χ3n) is 1.38. The van der Waals surface area contributed by atoms with Crippen LogP contribution in [0.15, 0.2) is 24.3 Å². The van der Waals surface area contributed by atoms with E-state index >= 15 is 0 Å². The lowest BCUT2D eigenvalue weighted by atomic mass is 10.1. The first kappa shape index (κ1) is 11.8. The lowest BCUT2D eigenvalue weighted by Crippen LogP contribution is -1.99. The van der Waals surface area contributed by atoms with Crippen molar-refractivity contribution in [2.24, 2.45) is 0 Å². The monoisotopic (exact) mass is 196 g/mol. The first-order valence-electron chi connectivity index (χ1n) is 3.47. The van der Waals surface area contributed by atoms with Crippen molar-refractivity contribution in [2.75, 3.05) is 0 Å². The predicted molar refractivity (Wildman–Crippen MR) is 47.5 cm³/mol. The number of carboxylic acids is 2. The summed E-state index contributed by atoms with van der Waals surface area (Å²) in [5.41, 5.74) is 0.167. The molecule has 74 valence electrons. The smallest absolute Gasteiger partial charge is 0.335 e. The van der Waals surface area contributed by atoms with Gasteiger partial charge in [0.25, 0.3) is 0 Å². The zero-order valence-corrected chi connectivity index (χ0v) is 7.14.